The van der Waals surface area contributed by atoms with Gasteiger partial charge in [-0.1, -0.05) is 78.9 Å². The highest BCUT2D eigenvalue weighted by Gasteiger charge is 2.15. The third-order valence-corrected chi connectivity index (χ3v) is 5.56. The Bertz CT molecular complexity index is 1540. The molecule has 0 saturated carbocycles. The lowest BCUT2D eigenvalue weighted by molar-refractivity contribution is 0.0906. The monoisotopic (exact) mass is 489 g/mol. The molecule has 7 heteroatoms. The van der Waals surface area contributed by atoms with E-state index in [2.05, 4.69) is 15.8 Å². The minimum Gasteiger partial charge on any atom is -0.457 e. The van der Waals surface area contributed by atoms with Crippen LogP contribution in [0.1, 0.15) is 15.9 Å². The maximum absolute atomic E-state index is 13.0. The molecule has 0 aliphatic carbocycles. The van der Waals surface area contributed by atoms with E-state index in [1.807, 2.05) is 103 Å². The van der Waals surface area contributed by atoms with Crippen LogP contribution >= 0.6 is 0 Å². The summed E-state index contributed by atoms with van der Waals surface area (Å²) in [4.78, 5) is 30.0. The van der Waals surface area contributed by atoms with Crippen LogP contribution in [0.2, 0.25) is 0 Å². The molecule has 0 fully saturated rings. The summed E-state index contributed by atoms with van der Waals surface area (Å²) in [6.45, 7) is 0.00400. The van der Waals surface area contributed by atoms with Gasteiger partial charge in [-0.2, -0.15) is 0 Å². The summed E-state index contributed by atoms with van der Waals surface area (Å²) in [5.74, 6) is 0.853. The number of nitrogens with one attached hydrogen (secondary N) is 2. The van der Waals surface area contributed by atoms with Gasteiger partial charge in [0.1, 0.15) is 18.1 Å². The third-order valence-electron chi connectivity index (χ3n) is 5.56. The van der Waals surface area contributed by atoms with Gasteiger partial charge in [0.15, 0.2) is 0 Å². The molecular formula is C30H23N3O4. The topological polar surface area (TPSA) is 89.6 Å². The van der Waals surface area contributed by atoms with E-state index in [1.165, 1.54) is 0 Å². The Balaban J connectivity index is 1.22. The number of carbonyl (C=O) groups is 2. The fourth-order valence-electron chi connectivity index (χ4n) is 3.80. The average molecular weight is 490 g/mol. The number of carbonyl (C=O) groups excluding carboxylic acids is 2. The molecule has 4 aromatic carbocycles. The molecule has 2 N–H and O–H groups in total. The number of hydrogen-bond donors (Lipinski definition) is 2. The van der Waals surface area contributed by atoms with Crippen LogP contribution in [0.5, 0.6) is 11.5 Å². The summed E-state index contributed by atoms with van der Waals surface area (Å²) in [5, 5.41) is 0.671. The van der Waals surface area contributed by atoms with E-state index >= 15 is 0 Å². The van der Waals surface area contributed by atoms with E-state index in [0.717, 1.165) is 11.1 Å². The Labute approximate surface area is 213 Å². The zero-order valence-electron chi connectivity index (χ0n) is 19.8. The van der Waals surface area contributed by atoms with Crippen molar-refractivity contribution in [2.45, 2.75) is 6.61 Å². The van der Waals surface area contributed by atoms with Crippen molar-refractivity contribution < 1.29 is 19.1 Å². The van der Waals surface area contributed by atoms with Gasteiger partial charge in [-0.3, -0.25) is 10.2 Å². The van der Waals surface area contributed by atoms with Gasteiger partial charge < -0.3 is 9.47 Å². The van der Waals surface area contributed by atoms with E-state index < -0.39 is 12.0 Å². The van der Waals surface area contributed by atoms with Gasteiger partial charge in [0.2, 0.25) is 0 Å². The van der Waals surface area contributed by atoms with E-state index in [9.17, 15) is 9.59 Å². The number of nitrogens with zero attached hydrogens (tertiary/aromatic N) is 1. The third kappa shape index (κ3) is 5.91. The number of fused-ring (bicyclic) bond motifs is 1. The number of hydrazine groups is 1. The van der Waals surface area contributed by atoms with Crippen molar-refractivity contribution >= 4 is 22.9 Å². The van der Waals surface area contributed by atoms with Crippen LogP contribution in [0.4, 0.5) is 4.79 Å². The van der Waals surface area contributed by atoms with Crippen LogP contribution in [-0.2, 0) is 11.3 Å². The number of rotatable bonds is 6. The molecule has 0 aliphatic heterocycles. The van der Waals surface area contributed by atoms with Gasteiger partial charge in [0.05, 0.1) is 16.8 Å². The maximum Gasteiger partial charge on any atom is 0.426 e. The first-order valence-electron chi connectivity index (χ1n) is 11.7. The molecule has 5 rings (SSSR count). The number of aromatic nitrogens is 1. The number of benzene rings is 4. The summed E-state index contributed by atoms with van der Waals surface area (Å²) in [7, 11) is 0. The van der Waals surface area contributed by atoms with Gasteiger partial charge in [0, 0.05) is 10.9 Å². The Morgan fingerprint density at radius 2 is 1.41 bits per heavy atom. The lowest BCUT2D eigenvalue weighted by Gasteiger charge is -2.12. The Morgan fingerprint density at radius 3 is 2.22 bits per heavy atom. The second-order valence-electron chi connectivity index (χ2n) is 8.16. The van der Waals surface area contributed by atoms with Gasteiger partial charge in [-0.15, -0.1) is 0 Å². The summed E-state index contributed by atoms with van der Waals surface area (Å²) in [6.07, 6.45) is -0.788. The summed E-state index contributed by atoms with van der Waals surface area (Å²) in [6, 6.07) is 35.3. The Hall–Kier alpha value is -5.17. The Morgan fingerprint density at radius 1 is 0.703 bits per heavy atom. The molecule has 0 unspecified atom stereocenters. The standard InChI is InChI=1S/C30H23N3O4/c34-29(26-19-28(22-11-3-1-4-12-22)31-27-17-8-7-16-25(26)27)32-33-30(35)36-20-21-10-9-15-24(18-21)37-23-13-5-2-6-14-23/h1-19H,20H2,(H,32,34)(H,33,35). The fourth-order valence-corrected chi connectivity index (χ4v) is 3.80. The van der Waals surface area contributed by atoms with Crippen LogP contribution in [0.3, 0.4) is 0 Å². The molecule has 0 spiro atoms. The molecule has 5 aromatic rings. The molecule has 37 heavy (non-hydrogen) atoms. The smallest absolute Gasteiger partial charge is 0.426 e. The molecular weight excluding hydrogens is 466 g/mol. The van der Waals surface area contributed by atoms with Gasteiger partial charge >= 0.3 is 6.09 Å². The van der Waals surface area contributed by atoms with Crippen LogP contribution < -0.4 is 15.6 Å². The highest BCUT2D eigenvalue weighted by molar-refractivity contribution is 6.07. The van der Waals surface area contributed by atoms with Crippen LogP contribution in [0, 0.1) is 0 Å². The second-order valence-corrected chi connectivity index (χ2v) is 8.16. The highest BCUT2D eigenvalue weighted by Crippen LogP contribution is 2.25. The van der Waals surface area contributed by atoms with E-state index in [0.29, 0.717) is 33.7 Å². The van der Waals surface area contributed by atoms with Crippen molar-refractivity contribution in [1.29, 1.82) is 0 Å². The molecule has 182 valence electrons. The first-order chi connectivity index (χ1) is 18.2. The van der Waals surface area contributed by atoms with Gasteiger partial charge in [0.25, 0.3) is 5.91 Å². The SMILES string of the molecule is O=C(NNC(=O)c1cc(-c2ccccc2)nc2ccccc12)OCc1cccc(Oc2ccccc2)c1. The van der Waals surface area contributed by atoms with Crippen molar-refractivity contribution in [3.63, 3.8) is 0 Å². The number of para-hydroxylation sites is 2. The van der Waals surface area contributed by atoms with E-state index in [1.54, 1.807) is 12.1 Å². The molecule has 0 atom stereocenters. The van der Waals surface area contributed by atoms with Crippen molar-refractivity contribution in [3.05, 3.63) is 126 Å². The van der Waals surface area contributed by atoms with E-state index in [-0.39, 0.29) is 6.61 Å². The molecule has 1 aromatic heterocycles. The zero-order chi connectivity index (χ0) is 25.5. The Kier molecular flexibility index (Phi) is 7.04. The van der Waals surface area contributed by atoms with Crippen molar-refractivity contribution in [3.8, 4) is 22.8 Å². The number of pyridine rings is 1. The predicted octanol–water partition coefficient (Wildman–Crippen LogP) is 6.27. The fraction of sp³-hybridized carbons (Fsp3) is 0.0333. The summed E-state index contributed by atoms with van der Waals surface area (Å²) in [5.41, 5.74) is 8.09. The lowest BCUT2D eigenvalue weighted by Crippen LogP contribution is -2.42. The first kappa shape index (κ1) is 23.6. The molecule has 0 bridgehead atoms. The largest absolute Gasteiger partial charge is 0.457 e. The molecule has 0 saturated heterocycles. The zero-order valence-corrected chi connectivity index (χ0v) is 19.8. The molecule has 7 nitrogen and oxygen atoms in total. The van der Waals surface area contributed by atoms with Crippen LogP contribution in [0.25, 0.3) is 22.2 Å². The van der Waals surface area contributed by atoms with Crippen molar-refractivity contribution in [2.24, 2.45) is 0 Å². The first-order valence-corrected chi connectivity index (χ1v) is 11.7. The van der Waals surface area contributed by atoms with E-state index in [4.69, 9.17) is 9.47 Å². The quantitative estimate of drug-likeness (QED) is 0.275. The number of hydrogen-bond acceptors (Lipinski definition) is 5. The maximum atomic E-state index is 13.0. The summed E-state index contributed by atoms with van der Waals surface area (Å²) < 4.78 is 11.1. The molecule has 0 aliphatic rings. The van der Waals surface area contributed by atoms with Crippen molar-refractivity contribution in [2.75, 3.05) is 0 Å². The number of amides is 2. The predicted molar refractivity (Wildman–Crippen MR) is 141 cm³/mol. The highest BCUT2D eigenvalue weighted by atomic mass is 16.6. The number of ether oxygens (including phenoxy) is 2. The van der Waals surface area contributed by atoms with Gasteiger partial charge in [-0.05, 0) is 42.0 Å². The normalized spacial score (nSPS) is 10.5. The molecule has 0 radical (unpaired) electrons. The lowest BCUT2D eigenvalue weighted by atomic mass is 10.0. The van der Waals surface area contributed by atoms with Crippen LogP contribution in [0.15, 0.2) is 115 Å². The van der Waals surface area contributed by atoms with Gasteiger partial charge in [-0.25, -0.2) is 15.2 Å². The second kappa shape index (κ2) is 11.0. The van der Waals surface area contributed by atoms with Crippen molar-refractivity contribution in [1.82, 2.24) is 15.8 Å². The molecule has 2 amide bonds. The summed E-state index contributed by atoms with van der Waals surface area (Å²) >= 11 is 0. The molecule has 1 heterocycles. The average Bonchev–Trinajstić information content (AvgIpc) is 2.95. The van der Waals surface area contributed by atoms with Crippen LogP contribution in [-0.4, -0.2) is 17.0 Å². The minimum absolute atomic E-state index is 0.00400. The minimum atomic E-state index is -0.788.